The van der Waals surface area contributed by atoms with Crippen LogP contribution in [0, 0.1) is 5.92 Å². The van der Waals surface area contributed by atoms with Crippen molar-refractivity contribution in [2.45, 2.75) is 31.7 Å². The number of likely N-dealkylation sites (tertiary alicyclic amines) is 1. The van der Waals surface area contributed by atoms with Gasteiger partial charge >= 0.3 is 0 Å². The molecule has 0 aliphatic carbocycles. The Balaban J connectivity index is 0.00000176. The van der Waals surface area contributed by atoms with Crippen molar-refractivity contribution in [1.29, 1.82) is 0 Å². The van der Waals surface area contributed by atoms with E-state index in [0.717, 1.165) is 51.1 Å². The van der Waals surface area contributed by atoms with Gasteiger partial charge in [0, 0.05) is 13.1 Å². The van der Waals surface area contributed by atoms with Crippen molar-refractivity contribution in [1.82, 2.24) is 10.2 Å². The van der Waals surface area contributed by atoms with Crippen molar-refractivity contribution >= 4 is 18.3 Å². The van der Waals surface area contributed by atoms with Crippen LogP contribution in [0.2, 0.25) is 0 Å². The van der Waals surface area contributed by atoms with Crippen molar-refractivity contribution in [3.8, 4) is 5.75 Å². The minimum Gasteiger partial charge on any atom is -0.497 e. The minimum atomic E-state index is 0. The molecule has 1 N–H and O–H groups in total. The first-order chi connectivity index (χ1) is 10.3. The molecule has 0 radical (unpaired) electrons. The van der Waals surface area contributed by atoms with E-state index in [4.69, 9.17) is 4.74 Å². The van der Waals surface area contributed by atoms with Crippen molar-refractivity contribution in [2.24, 2.45) is 5.92 Å². The van der Waals surface area contributed by atoms with Gasteiger partial charge in [-0.1, -0.05) is 12.1 Å². The minimum absolute atomic E-state index is 0. The molecule has 0 bridgehead atoms. The van der Waals surface area contributed by atoms with Gasteiger partial charge in [0.05, 0.1) is 19.1 Å². The lowest BCUT2D eigenvalue weighted by atomic mass is 9.96. The van der Waals surface area contributed by atoms with Crippen LogP contribution in [0.5, 0.6) is 5.75 Å². The lowest BCUT2D eigenvalue weighted by Gasteiger charge is -2.31. The summed E-state index contributed by atoms with van der Waals surface area (Å²) in [4.78, 5) is 14.9. The fraction of sp³-hybridized carbons (Fsp3) is 0.588. The number of hydrogen-bond donors (Lipinski definition) is 1. The largest absolute Gasteiger partial charge is 0.497 e. The van der Waals surface area contributed by atoms with E-state index in [1.54, 1.807) is 7.11 Å². The number of piperidine rings is 1. The van der Waals surface area contributed by atoms with Gasteiger partial charge in [0.25, 0.3) is 0 Å². The quantitative estimate of drug-likeness (QED) is 0.929. The summed E-state index contributed by atoms with van der Waals surface area (Å²) in [6.45, 7) is 2.78. The highest BCUT2D eigenvalue weighted by molar-refractivity contribution is 5.85. The highest BCUT2D eigenvalue weighted by Crippen LogP contribution is 2.34. The van der Waals surface area contributed by atoms with Crippen molar-refractivity contribution in [3.63, 3.8) is 0 Å². The number of carbonyl (C=O) groups excluding carboxylic acids is 1. The number of methoxy groups -OCH3 is 1. The summed E-state index contributed by atoms with van der Waals surface area (Å²) < 4.78 is 5.21. The maximum Gasteiger partial charge on any atom is 0.227 e. The van der Waals surface area contributed by atoms with E-state index in [9.17, 15) is 4.79 Å². The number of hydrogen-bond acceptors (Lipinski definition) is 3. The van der Waals surface area contributed by atoms with Gasteiger partial charge < -0.3 is 15.0 Å². The van der Waals surface area contributed by atoms with Crippen LogP contribution in [0.1, 0.15) is 37.3 Å². The molecule has 122 valence electrons. The average Bonchev–Trinajstić information content (AvgIpc) is 3.04. The molecule has 2 unspecified atom stereocenters. The van der Waals surface area contributed by atoms with Gasteiger partial charge in [-0.05, 0) is 49.9 Å². The number of benzene rings is 1. The third kappa shape index (κ3) is 3.55. The number of halogens is 1. The zero-order chi connectivity index (χ0) is 14.7. The lowest BCUT2D eigenvalue weighted by Crippen LogP contribution is -2.42. The van der Waals surface area contributed by atoms with Crippen LogP contribution >= 0.6 is 12.4 Å². The predicted octanol–water partition coefficient (Wildman–Crippen LogP) is 2.78. The molecular weight excluding hydrogens is 300 g/mol. The van der Waals surface area contributed by atoms with Gasteiger partial charge in [0.2, 0.25) is 5.91 Å². The zero-order valence-corrected chi connectivity index (χ0v) is 13.9. The maximum atomic E-state index is 12.8. The Morgan fingerprint density at radius 1 is 1.23 bits per heavy atom. The van der Waals surface area contributed by atoms with E-state index in [2.05, 4.69) is 22.3 Å². The van der Waals surface area contributed by atoms with Crippen molar-refractivity contribution in [3.05, 3.63) is 29.8 Å². The molecule has 0 saturated carbocycles. The molecule has 4 nitrogen and oxygen atoms in total. The Bertz CT molecular complexity index is 486. The zero-order valence-electron chi connectivity index (χ0n) is 13.1. The van der Waals surface area contributed by atoms with Gasteiger partial charge in [-0.15, -0.1) is 12.4 Å². The molecule has 22 heavy (non-hydrogen) atoms. The van der Waals surface area contributed by atoms with Crippen LogP contribution in [0.25, 0.3) is 0 Å². The summed E-state index contributed by atoms with van der Waals surface area (Å²) in [6.07, 6.45) is 4.30. The summed E-state index contributed by atoms with van der Waals surface area (Å²) in [6, 6.07) is 8.39. The van der Waals surface area contributed by atoms with Gasteiger partial charge in [0.1, 0.15) is 5.75 Å². The molecule has 1 amide bonds. The molecule has 2 heterocycles. The second-order valence-electron chi connectivity index (χ2n) is 6.01. The first-order valence-electron chi connectivity index (χ1n) is 7.95. The molecule has 2 saturated heterocycles. The number of nitrogens with zero attached hydrogens (tertiary/aromatic N) is 1. The lowest BCUT2D eigenvalue weighted by molar-refractivity contribution is -0.137. The van der Waals surface area contributed by atoms with Gasteiger partial charge in [-0.25, -0.2) is 0 Å². The highest BCUT2D eigenvalue weighted by Gasteiger charge is 2.34. The van der Waals surface area contributed by atoms with Crippen LogP contribution in [0.3, 0.4) is 0 Å². The SMILES string of the molecule is COc1ccc(C2CCCN2C(=O)C2CCCNC2)cc1.Cl. The molecule has 0 aromatic heterocycles. The smallest absolute Gasteiger partial charge is 0.227 e. The second-order valence-corrected chi connectivity index (χ2v) is 6.01. The Hall–Kier alpha value is -1.26. The summed E-state index contributed by atoms with van der Waals surface area (Å²) in [5, 5.41) is 3.34. The number of amides is 1. The molecule has 2 atom stereocenters. The molecular formula is C17H25ClN2O2. The predicted molar refractivity (Wildman–Crippen MR) is 89.5 cm³/mol. The first kappa shape index (κ1) is 17.1. The summed E-state index contributed by atoms with van der Waals surface area (Å²) >= 11 is 0. The van der Waals surface area contributed by atoms with E-state index in [1.807, 2.05) is 12.1 Å². The molecule has 2 aliphatic rings. The van der Waals surface area contributed by atoms with Crippen LogP contribution < -0.4 is 10.1 Å². The fourth-order valence-corrected chi connectivity index (χ4v) is 3.50. The van der Waals surface area contributed by atoms with Crippen LogP contribution in [-0.4, -0.2) is 37.6 Å². The average molecular weight is 325 g/mol. The highest BCUT2D eigenvalue weighted by atomic mass is 35.5. The van der Waals surface area contributed by atoms with Crippen LogP contribution in [0.15, 0.2) is 24.3 Å². The van der Waals surface area contributed by atoms with E-state index in [-0.39, 0.29) is 24.4 Å². The fourth-order valence-electron chi connectivity index (χ4n) is 3.50. The van der Waals surface area contributed by atoms with Crippen LogP contribution in [0.4, 0.5) is 0 Å². The second kappa shape index (κ2) is 7.84. The topological polar surface area (TPSA) is 41.6 Å². The van der Waals surface area contributed by atoms with Crippen molar-refractivity contribution < 1.29 is 9.53 Å². The Morgan fingerprint density at radius 3 is 2.64 bits per heavy atom. The maximum absolute atomic E-state index is 12.8. The normalized spacial score (nSPS) is 24.7. The summed E-state index contributed by atoms with van der Waals surface area (Å²) in [7, 11) is 1.68. The molecule has 0 spiro atoms. The molecule has 2 fully saturated rings. The Labute approximate surface area is 138 Å². The molecule has 3 rings (SSSR count). The molecule has 5 heteroatoms. The molecule has 1 aromatic rings. The van der Waals surface area contributed by atoms with E-state index in [1.165, 1.54) is 5.56 Å². The third-order valence-electron chi connectivity index (χ3n) is 4.68. The molecule has 1 aromatic carbocycles. The number of nitrogens with one attached hydrogen (secondary N) is 1. The van der Waals surface area contributed by atoms with E-state index >= 15 is 0 Å². The van der Waals surface area contributed by atoms with Crippen molar-refractivity contribution in [2.75, 3.05) is 26.7 Å². The number of ether oxygens (including phenoxy) is 1. The van der Waals surface area contributed by atoms with Crippen LogP contribution in [-0.2, 0) is 4.79 Å². The van der Waals surface area contributed by atoms with Gasteiger partial charge in [-0.2, -0.15) is 0 Å². The monoisotopic (exact) mass is 324 g/mol. The van der Waals surface area contributed by atoms with Gasteiger partial charge in [0.15, 0.2) is 0 Å². The first-order valence-corrected chi connectivity index (χ1v) is 7.95. The Kier molecular flexibility index (Phi) is 6.09. The number of carbonyl (C=O) groups is 1. The summed E-state index contributed by atoms with van der Waals surface area (Å²) in [5.41, 5.74) is 1.23. The van der Waals surface area contributed by atoms with E-state index < -0.39 is 0 Å². The van der Waals surface area contributed by atoms with E-state index in [0.29, 0.717) is 5.91 Å². The standard InChI is InChI=1S/C17H24N2O2.ClH/c1-21-15-8-6-13(7-9-15)16-5-3-11-19(16)17(20)14-4-2-10-18-12-14;/h6-9,14,16,18H,2-5,10-12H2,1H3;1H. The molecule has 2 aliphatic heterocycles. The van der Waals surface area contributed by atoms with Gasteiger partial charge in [-0.3, -0.25) is 4.79 Å². The Morgan fingerprint density at radius 2 is 2.00 bits per heavy atom. The number of rotatable bonds is 3. The third-order valence-corrected chi connectivity index (χ3v) is 4.68. The summed E-state index contributed by atoms with van der Waals surface area (Å²) in [5.74, 6) is 1.37.